The minimum absolute atomic E-state index is 0.00686. The van der Waals surface area contributed by atoms with E-state index in [9.17, 15) is 9.90 Å². The van der Waals surface area contributed by atoms with Gasteiger partial charge in [0.05, 0.1) is 5.97 Å². The van der Waals surface area contributed by atoms with Gasteiger partial charge in [0, 0.05) is 16.9 Å². The summed E-state index contributed by atoms with van der Waals surface area (Å²) in [7, 11) is 0. The Kier molecular flexibility index (Phi) is 6.27. The summed E-state index contributed by atoms with van der Waals surface area (Å²) in [5.41, 5.74) is 1.67. The number of aliphatic carboxylic acids is 1. The normalized spacial score (nSPS) is 11.4. The van der Waals surface area contributed by atoms with E-state index in [4.69, 9.17) is 4.74 Å². The molecule has 0 saturated heterocycles. The number of benzene rings is 2. The number of aryl methyl sites for hydroxylation is 1. The summed E-state index contributed by atoms with van der Waals surface area (Å²) >= 11 is 0.941. The standard InChI is InChI=1S/C20H19N3O3S/c1-2-18-21-20(23-22-18)27-17(19(24)25)12-15-10-6-7-11-16(15)26-13-14-8-4-3-5-9-14/h3-12H,2,13H2,1H3,(H,24,25)(H,21,22,23)/p-1/b17-12+. The molecule has 0 aliphatic heterocycles. The lowest BCUT2D eigenvalue weighted by atomic mass is 10.2. The van der Waals surface area contributed by atoms with Crippen LogP contribution in [0.3, 0.4) is 0 Å². The summed E-state index contributed by atoms with van der Waals surface area (Å²) < 4.78 is 5.87. The lowest BCUT2D eigenvalue weighted by Crippen LogP contribution is -2.23. The maximum absolute atomic E-state index is 11.6. The van der Waals surface area contributed by atoms with Gasteiger partial charge in [-0.25, -0.2) is 4.98 Å². The highest BCUT2D eigenvalue weighted by Crippen LogP contribution is 2.28. The van der Waals surface area contributed by atoms with Gasteiger partial charge in [0.2, 0.25) is 5.16 Å². The average molecular weight is 380 g/mol. The van der Waals surface area contributed by atoms with Crippen molar-refractivity contribution in [2.45, 2.75) is 25.1 Å². The number of thioether (sulfide) groups is 1. The van der Waals surface area contributed by atoms with Gasteiger partial charge in [0.1, 0.15) is 18.2 Å². The van der Waals surface area contributed by atoms with Crippen LogP contribution in [0.5, 0.6) is 5.75 Å². The zero-order valence-electron chi connectivity index (χ0n) is 14.7. The highest BCUT2D eigenvalue weighted by atomic mass is 32.2. The largest absolute Gasteiger partial charge is 0.544 e. The SMILES string of the molecule is CCc1nc(S/C(=C/c2ccccc2OCc2ccccc2)C(=O)[O-])n[nH]1. The number of ether oxygens (including phenoxy) is 1. The molecule has 0 amide bonds. The number of carbonyl (C=O) groups is 1. The molecule has 6 nitrogen and oxygen atoms in total. The van der Waals surface area contributed by atoms with Gasteiger partial charge < -0.3 is 14.6 Å². The minimum atomic E-state index is -1.29. The third kappa shape index (κ3) is 5.21. The number of aromatic nitrogens is 3. The molecule has 0 aliphatic rings. The number of hydrogen-bond donors (Lipinski definition) is 1. The van der Waals surface area contributed by atoms with Gasteiger partial charge in [-0.3, -0.25) is 5.10 Å². The van der Waals surface area contributed by atoms with E-state index in [1.807, 2.05) is 49.4 Å². The molecule has 7 heteroatoms. The lowest BCUT2D eigenvalue weighted by molar-refractivity contribution is -0.297. The Labute approximate surface area is 161 Å². The molecule has 1 N–H and O–H groups in total. The van der Waals surface area contributed by atoms with Crippen molar-refractivity contribution < 1.29 is 14.6 Å². The molecule has 3 rings (SSSR count). The summed E-state index contributed by atoms with van der Waals surface area (Å²) in [5, 5.41) is 18.7. The van der Waals surface area contributed by atoms with Crippen LogP contribution < -0.4 is 9.84 Å². The van der Waals surface area contributed by atoms with E-state index in [-0.39, 0.29) is 4.91 Å². The van der Waals surface area contributed by atoms with E-state index < -0.39 is 5.97 Å². The quantitative estimate of drug-likeness (QED) is 0.477. The van der Waals surface area contributed by atoms with Gasteiger partial charge in [-0.05, 0) is 29.5 Å². The van der Waals surface area contributed by atoms with Gasteiger partial charge in [0.15, 0.2) is 0 Å². The predicted octanol–water partition coefficient (Wildman–Crippen LogP) is 2.83. The van der Waals surface area contributed by atoms with Crippen molar-refractivity contribution in [2.75, 3.05) is 0 Å². The number of H-pyrrole nitrogens is 1. The Morgan fingerprint density at radius 3 is 2.63 bits per heavy atom. The Morgan fingerprint density at radius 2 is 1.93 bits per heavy atom. The summed E-state index contributed by atoms with van der Waals surface area (Å²) in [6.45, 7) is 2.32. The van der Waals surface area contributed by atoms with Crippen LogP contribution in [0.1, 0.15) is 23.9 Å². The number of carboxylic acids is 1. The van der Waals surface area contributed by atoms with Crippen molar-refractivity contribution in [3.63, 3.8) is 0 Å². The van der Waals surface area contributed by atoms with E-state index in [2.05, 4.69) is 15.2 Å². The van der Waals surface area contributed by atoms with Crippen molar-refractivity contribution in [3.05, 3.63) is 76.5 Å². The van der Waals surface area contributed by atoms with Crippen LogP contribution in [0.2, 0.25) is 0 Å². The number of rotatable bonds is 8. The number of nitrogens with zero attached hydrogens (tertiary/aromatic N) is 2. The van der Waals surface area contributed by atoms with Gasteiger partial charge in [-0.15, -0.1) is 5.10 Å². The summed E-state index contributed by atoms with van der Waals surface area (Å²) in [6, 6.07) is 17.0. The Hall–Kier alpha value is -3.06. The molecular weight excluding hydrogens is 362 g/mol. The Balaban J connectivity index is 1.81. The number of carbonyl (C=O) groups excluding carboxylic acids is 1. The van der Waals surface area contributed by atoms with Crippen LogP contribution in [0.4, 0.5) is 0 Å². The molecule has 0 atom stereocenters. The van der Waals surface area contributed by atoms with Crippen molar-refractivity contribution in [1.82, 2.24) is 15.2 Å². The molecule has 0 radical (unpaired) electrons. The molecule has 3 aromatic rings. The summed E-state index contributed by atoms with van der Waals surface area (Å²) in [5.74, 6) is -0.00700. The zero-order valence-corrected chi connectivity index (χ0v) is 15.5. The topological polar surface area (TPSA) is 90.9 Å². The maximum Gasteiger partial charge on any atom is 0.213 e. The molecule has 1 aromatic heterocycles. The molecule has 0 bridgehead atoms. The zero-order chi connectivity index (χ0) is 19.1. The van der Waals surface area contributed by atoms with Gasteiger partial charge in [-0.1, -0.05) is 55.5 Å². The first-order valence-corrected chi connectivity index (χ1v) is 9.25. The molecule has 0 unspecified atom stereocenters. The molecule has 2 aromatic carbocycles. The molecular formula is C20H18N3O3S-. The van der Waals surface area contributed by atoms with Crippen LogP contribution in [-0.2, 0) is 17.8 Å². The maximum atomic E-state index is 11.6. The van der Waals surface area contributed by atoms with Crippen LogP contribution >= 0.6 is 11.8 Å². The third-order valence-corrected chi connectivity index (χ3v) is 4.56. The molecule has 138 valence electrons. The van der Waals surface area contributed by atoms with Crippen molar-refractivity contribution in [3.8, 4) is 5.75 Å². The number of aromatic amines is 1. The van der Waals surface area contributed by atoms with Crippen molar-refractivity contribution in [2.24, 2.45) is 0 Å². The highest BCUT2D eigenvalue weighted by molar-refractivity contribution is 8.04. The summed E-state index contributed by atoms with van der Waals surface area (Å²) in [4.78, 5) is 15.8. The van der Waals surface area contributed by atoms with E-state index in [0.29, 0.717) is 35.3 Å². The molecule has 1 heterocycles. The average Bonchev–Trinajstić information content (AvgIpc) is 3.15. The number of nitrogens with one attached hydrogen (secondary N) is 1. The molecule has 0 aliphatic carbocycles. The van der Waals surface area contributed by atoms with Crippen LogP contribution in [0, 0.1) is 0 Å². The fraction of sp³-hybridized carbons (Fsp3) is 0.150. The first-order chi connectivity index (χ1) is 13.2. The van der Waals surface area contributed by atoms with Crippen LogP contribution in [0.25, 0.3) is 6.08 Å². The van der Waals surface area contributed by atoms with Crippen molar-refractivity contribution in [1.29, 1.82) is 0 Å². The Morgan fingerprint density at radius 1 is 1.19 bits per heavy atom. The van der Waals surface area contributed by atoms with Crippen LogP contribution in [-0.4, -0.2) is 21.2 Å². The predicted molar refractivity (Wildman–Crippen MR) is 102 cm³/mol. The second kappa shape index (κ2) is 9.05. The van der Waals surface area contributed by atoms with E-state index in [1.165, 1.54) is 6.08 Å². The molecule has 0 spiro atoms. The second-order valence-electron chi connectivity index (χ2n) is 5.63. The monoisotopic (exact) mass is 380 g/mol. The summed E-state index contributed by atoms with van der Waals surface area (Å²) in [6.07, 6.45) is 2.20. The number of carboxylic acid groups (broad SMARTS) is 1. The van der Waals surface area contributed by atoms with Gasteiger partial charge in [0.25, 0.3) is 0 Å². The number of para-hydroxylation sites is 1. The minimum Gasteiger partial charge on any atom is -0.544 e. The molecule has 27 heavy (non-hydrogen) atoms. The molecule has 0 fully saturated rings. The van der Waals surface area contributed by atoms with E-state index in [0.717, 1.165) is 17.3 Å². The Bertz CT molecular complexity index is 938. The van der Waals surface area contributed by atoms with Gasteiger partial charge in [-0.2, -0.15) is 0 Å². The highest BCUT2D eigenvalue weighted by Gasteiger charge is 2.10. The van der Waals surface area contributed by atoms with Crippen LogP contribution in [0.15, 0.2) is 64.7 Å². The smallest absolute Gasteiger partial charge is 0.213 e. The fourth-order valence-electron chi connectivity index (χ4n) is 2.32. The first kappa shape index (κ1) is 18.7. The first-order valence-electron chi connectivity index (χ1n) is 8.43. The van der Waals surface area contributed by atoms with Gasteiger partial charge >= 0.3 is 0 Å². The molecule has 0 saturated carbocycles. The second-order valence-corrected chi connectivity index (χ2v) is 6.64. The number of hydrogen-bond acceptors (Lipinski definition) is 6. The van der Waals surface area contributed by atoms with E-state index in [1.54, 1.807) is 12.1 Å². The van der Waals surface area contributed by atoms with E-state index >= 15 is 0 Å². The van der Waals surface area contributed by atoms with Crippen molar-refractivity contribution >= 4 is 23.8 Å². The third-order valence-electron chi connectivity index (χ3n) is 3.69. The fourth-order valence-corrected chi connectivity index (χ4v) is 3.03. The lowest BCUT2D eigenvalue weighted by Gasteiger charge is -2.11.